The second kappa shape index (κ2) is 11.4. The highest BCUT2D eigenvalue weighted by molar-refractivity contribution is 5.81. The lowest BCUT2D eigenvalue weighted by atomic mass is 10.4. The molecule has 6 heteroatoms. The lowest BCUT2D eigenvalue weighted by Gasteiger charge is -2.11. The number of nitrogens with zero attached hydrogens (tertiary/aromatic N) is 1. The zero-order valence-electron chi connectivity index (χ0n) is 13.4. The molecule has 0 heterocycles. The highest BCUT2D eigenvalue weighted by Gasteiger charge is 2.28. The molecule has 0 spiro atoms. The summed E-state index contributed by atoms with van der Waals surface area (Å²) in [5, 5.41) is 9.31. The molecule has 1 aliphatic carbocycles. The predicted molar refractivity (Wildman–Crippen MR) is 85.4 cm³/mol. The third kappa shape index (κ3) is 9.28. The van der Waals surface area contributed by atoms with Crippen LogP contribution < -0.4 is 16.0 Å². The Labute approximate surface area is 128 Å². The second-order valence-electron chi connectivity index (χ2n) is 5.22. The Balaban J connectivity index is 2.08. The van der Waals surface area contributed by atoms with Gasteiger partial charge in [0.1, 0.15) is 0 Å². The van der Waals surface area contributed by atoms with Gasteiger partial charge in [0.15, 0.2) is 5.96 Å². The van der Waals surface area contributed by atoms with Crippen LogP contribution in [0.3, 0.4) is 0 Å². The molecule has 122 valence electrons. The number of rotatable bonds is 11. The minimum absolute atomic E-state index is 0.183. The smallest absolute Gasteiger partial charge is 0.223 e. The van der Waals surface area contributed by atoms with Crippen LogP contribution >= 0.6 is 0 Å². The molecule has 0 saturated heterocycles. The van der Waals surface area contributed by atoms with Crippen LogP contribution in [0.5, 0.6) is 0 Å². The maximum atomic E-state index is 11.5. The Morgan fingerprint density at radius 2 is 1.90 bits per heavy atom. The number of ether oxygens (including phenoxy) is 1. The first-order valence-corrected chi connectivity index (χ1v) is 8.15. The van der Waals surface area contributed by atoms with E-state index in [1.165, 1.54) is 0 Å². The average molecular weight is 298 g/mol. The molecule has 0 aliphatic heterocycles. The molecule has 1 saturated carbocycles. The number of hydrogen-bond donors (Lipinski definition) is 3. The van der Waals surface area contributed by atoms with E-state index < -0.39 is 0 Å². The molecular weight excluding hydrogens is 268 g/mol. The van der Waals surface area contributed by atoms with Crippen molar-refractivity contribution < 1.29 is 9.53 Å². The Morgan fingerprint density at radius 3 is 2.57 bits per heavy atom. The number of unbranched alkanes of at least 4 members (excludes halogenated alkanes) is 1. The number of guanidine groups is 1. The van der Waals surface area contributed by atoms with Crippen LogP contribution in [0.25, 0.3) is 0 Å². The zero-order valence-corrected chi connectivity index (χ0v) is 13.4. The molecule has 21 heavy (non-hydrogen) atoms. The van der Waals surface area contributed by atoms with Gasteiger partial charge in [-0.25, -0.2) is 0 Å². The number of nitrogens with one attached hydrogen (secondary N) is 3. The van der Waals surface area contributed by atoms with Crippen LogP contribution in [-0.2, 0) is 9.53 Å². The van der Waals surface area contributed by atoms with Crippen LogP contribution in [0.1, 0.15) is 39.5 Å². The number of carbonyl (C=O) groups is 1. The van der Waals surface area contributed by atoms with E-state index >= 15 is 0 Å². The Hall–Kier alpha value is -1.30. The summed E-state index contributed by atoms with van der Waals surface area (Å²) in [6.07, 6.45) is 4.34. The van der Waals surface area contributed by atoms with E-state index in [4.69, 9.17) is 4.74 Å². The summed E-state index contributed by atoms with van der Waals surface area (Å²) in [6, 6.07) is 0. The van der Waals surface area contributed by atoms with Gasteiger partial charge in [-0.15, -0.1) is 0 Å². The van der Waals surface area contributed by atoms with E-state index in [1.54, 1.807) is 0 Å². The topological polar surface area (TPSA) is 74.8 Å². The van der Waals surface area contributed by atoms with Crippen molar-refractivity contribution in [1.29, 1.82) is 0 Å². The summed E-state index contributed by atoms with van der Waals surface area (Å²) in [4.78, 5) is 15.9. The first kappa shape index (κ1) is 17.8. The van der Waals surface area contributed by atoms with Crippen molar-refractivity contribution in [1.82, 2.24) is 16.0 Å². The first-order valence-electron chi connectivity index (χ1n) is 8.15. The molecule has 0 bridgehead atoms. The van der Waals surface area contributed by atoms with E-state index in [-0.39, 0.29) is 11.8 Å². The molecular formula is C15H30N4O2. The van der Waals surface area contributed by atoms with Crippen molar-refractivity contribution in [3.05, 3.63) is 0 Å². The lowest BCUT2D eigenvalue weighted by Crippen LogP contribution is -2.42. The van der Waals surface area contributed by atoms with Crippen LogP contribution in [0, 0.1) is 5.92 Å². The zero-order chi connectivity index (χ0) is 15.3. The minimum Gasteiger partial charge on any atom is -0.380 e. The Morgan fingerprint density at radius 1 is 1.14 bits per heavy atom. The molecule has 0 aromatic rings. The molecule has 0 radical (unpaired) electrons. The highest BCUT2D eigenvalue weighted by atomic mass is 16.5. The van der Waals surface area contributed by atoms with Crippen LogP contribution in [-0.4, -0.2) is 51.3 Å². The quantitative estimate of drug-likeness (QED) is 0.301. The number of amides is 1. The molecule has 1 fully saturated rings. The third-order valence-electron chi connectivity index (χ3n) is 3.16. The van der Waals surface area contributed by atoms with Crippen LogP contribution in [0.2, 0.25) is 0 Å². The van der Waals surface area contributed by atoms with Crippen LogP contribution in [0.15, 0.2) is 4.99 Å². The summed E-state index contributed by atoms with van der Waals surface area (Å²) >= 11 is 0. The Kier molecular flexibility index (Phi) is 9.61. The van der Waals surface area contributed by atoms with E-state index in [0.717, 1.165) is 44.8 Å². The molecule has 0 aromatic carbocycles. The fourth-order valence-electron chi connectivity index (χ4n) is 1.77. The minimum atomic E-state index is 0.183. The standard InChI is InChI=1S/C15H30N4O2/c1-3-5-11-21-12-10-19-15(16-4-2)18-9-8-17-14(20)13-6-7-13/h13H,3-12H2,1-2H3,(H,17,20)(H2,16,18,19). The van der Waals surface area contributed by atoms with E-state index in [9.17, 15) is 4.79 Å². The van der Waals surface area contributed by atoms with Gasteiger partial charge in [0, 0.05) is 32.2 Å². The van der Waals surface area contributed by atoms with Crippen molar-refractivity contribution in [2.45, 2.75) is 39.5 Å². The molecule has 0 unspecified atom stereocenters. The number of aliphatic imine (C=N–C) groups is 1. The van der Waals surface area contributed by atoms with Gasteiger partial charge in [0.05, 0.1) is 13.2 Å². The summed E-state index contributed by atoms with van der Waals surface area (Å²) in [7, 11) is 0. The van der Waals surface area contributed by atoms with E-state index in [0.29, 0.717) is 26.2 Å². The summed E-state index contributed by atoms with van der Waals surface area (Å²) in [6.45, 7) is 8.41. The SMILES string of the molecule is CCCCOCCN=C(NCC)NCCNC(=O)C1CC1. The van der Waals surface area contributed by atoms with E-state index in [1.807, 2.05) is 6.92 Å². The first-order chi connectivity index (χ1) is 10.3. The molecule has 0 aromatic heterocycles. The molecule has 3 N–H and O–H groups in total. The van der Waals surface area contributed by atoms with Gasteiger partial charge in [-0.3, -0.25) is 9.79 Å². The van der Waals surface area contributed by atoms with Crippen molar-refractivity contribution in [2.75, 3.05) is 39.4 Å². The molecule has 1 amide bonds. The second-order valence-corrected chi connectivity index (χ2v) is 5.22. The fraction of sp³-hybridized carbons (Fsp3) is 0.867. The molecule has 1 aliphatic rings. The van der Waals surface area contributed by atoms with Crippen molar-refractivity contribution in [2.24, 2.45) is 10.9 Å². The average Bonchev–Trinajstić information content (AvgIpc) is 3.31. The van der Waals surface area contributed by atoms with Gasteiger partial charge in [-0.05, 0) is 26.2 Å². The fourth-order valence-corrected chi connectivity index (χ4v) is 1.77. The molecule has 0 atom stereocenters. The lowest BCUT2D eigenvalue weighted by molar-refractivity contribution is -0.122. The van der Waals surface area contributed by atoms with Crippen molar-refractivity contribution in [3.8, 4) is 0 Å². The van der Waals surface area contributed by atoms with Crippen molar-refractivity contribution in [3.63, 3.8) is 0 Å². The summed E-state index contributed by atoms with van der Waals surface area (Å²) in [5.74, 6) is 1.23. The van der Waals surface area contributed by atoms with Gasteiger partial charge >= 0.3 is 0 Å². The largest absolute Gasteiger partial charge is 0.380 e. The Bertz CT molecular complexity index is 317. The predicted octanol–water partition coefficient (Wildman–Crippen LogP) is 0.884. The van der Waals surface area contributed by atoms with Gasteiger partial charge in [0.25, 0.3) is 0 Å². The van der Waals surface area contributed by atoms with Gasteiger partial charge in [0.2, 0.25) is 5.91 Å². The van der Waals surface area contributed by atoms with Gasteiger partial charge < -0.3 is 20.7 Å². The highest BCUT2D eigenvalue weighted by Crippen LogP contribution is 2.28. The van der Waals surface area contributed by atoms with Crippen LogP contribution in [0.4, 0.5) is 0 Å². The summed E-state index contributed by atoms with van der Waals surface area (Å²) in [5.41, 5.74) is 0. The van der Waals surface area contributed by atoms with Crippen molar-refractivity contribution >= 4 is 11.9 Å². The molecule has 6 nitrogen and oxygen atoms in total. The number of hydrogen-bond acceptors (Lipinski definition) is 3. The van der Waals surface area contributed by atoms with Gasteiger partial charge in [-0.1, -0.05) is 13.3 Å². The maximum Gasteiger partial charge on any atom is 0.223 e. The van der Waals surface area contributed by atoms with E-state index in [2.05, 4.69) is 27.9 Å². The normalized spacial score (nSPS) is 14.9. The maximum absolute atomic E-state index is 11.5. The molecule has 1 rings (SSSR count). The third-order valence-corrected chi connectivity index (χ3v) is 3.16. The summed E-state index contributed by atoms with van der Waals surface area (Å²) < 4.78 is 5.47. The van der Waals surface area contributed by atoms with Gasteiger partial charge in [-0.2, -0.15) is 0 Å². The monoisotopic (exact) mass is 298 g/mol. The number of carbonyl (C=O) groups excluding carboxylic acids is 1.